The highest BCUT2D eigenvalue weighted by Gasteiger charge is 2.19. The van der Waals surface area contributed by atoms with Gasteiger partial charge in [-0.3, -0.25) is 0 Å². The van der Waals surface area contributed by atoms with Crippen LogP contribution in [0.25, 0.3) is 0 Å². The molecule has 0 atom stereocenters. The lowest BCUT2D eigenvalue weighted by Crippen LogP contribution is -2.47. The van der Waals surface area contributed by atoms with E-state index in [9.17, 15) is 0 Å². The van der Waals surface area contributed by atoms with E-state index >= 15 is 0 Å². The van der Waals surface area contributed by atoms with Crippen molar-refractivity contribution in [1.29, 1.82) is 0 Å². The molecule has 4 nitrogen and oxygen atoms in total. The zero-order valence-electron chi connectivity index (χ0n) is 11.1. The van der Waals surface area contributed by atoms with Crippen LogP contribution in [0, 0.1) is 6.92 Å². The van der Waals surface area contributed by atoms with Gasteiger partial charge in [-0.15, -0.1) is 0 Å². The van der Waals surface area contributed by atoms with Gasteiger partial charge >= 0.3 is 0 Å². The average molecular weight is 224 g/mol. The summed E-state index contributed by atoms with van der Waals surface area (Å²) < 4.78 is 2.16. The number of likely N-dealkylation sites (N-methyl/N-ethyl adjacent to an activating group) is 1. The fourth-order valence-electron chi connectivity index (χ4n) is 1.39. The average Bonchev–Trinajstić information content (AvgIpc) is 2.59. The van der Waals surface area contributed by atoms with Gasteiger partial charge in [-0.2, -0.15) is 0 Å². The summed E-state index contributed by atoms with van der Waals surface area (Å²) in [6.07, 6.45) is 3.87. The van der Waals surface area contributed by atoms with Gasteiger partial charge in [-0.25, -0.2) is 4.98 Å². The Morgan fingerprint density at radius 2 is 2.12 bits per heavy atom. The van der Waals surface area contributed by atoms with Crippen LogP contribution in [0.5, 0.6) is 0 Å². The summed E-state index contributed by atoms with van der Waals surface area (Å²) in [6.45, 7) is 9.46. The van der Waals surface area contributed by atoms with Crippen LogP contribution in [0.3, 0.4) is 0 Å². The van der Waals surface area contributed by atoms with Gasteiger partial charge in [-0.05, 0) is 34.9 Å². The van der Waals surface area contributed by atoms with Crippen LogP contribution in [0.15, 0.2) is 12.4 Å². The highest BCUT2D eigenvalue weighted by Crippen LogP contribution is 2.07. The summed E-state index contributed by atoms with van der Waals surface area (Å²) in [6, 6.07) is 0. The van der Waals surface area contributed by atoms with Gasteiger partial charge in [0.1, 0.15) is 5.82 Å². The highest BCUT2D eigenvalue weighted by atomic mass is 15.2. The quantitative estimate of drug-likeness (QED) is 0.735. The first kappa shape index (κ1) is 13.2. The Morgan fingerprint density at radius 1 is 1.44 bits per heavy atom. The Kier molecular flexibility index (Phi) is 4.50. The second-order valence-electron chi connectivity index (χ2n) is 5.05. The van der Waals surface area contributed by atoms with Crippen LogP contribution in [-0.4, -0.2) is 47.2 Å². The van der Waals surface area contributed by atoms with Crippen molar-refractivity contribution in [1.82, 2.24) is 19.8 Å². The minimum Gasteiger partial charge on any atom is -0.334 e. The lowest BCUT2D eigenvalue weighted by molar-refractivity contribution is 0.190. The molecule has 4 heteroatoms. The number of nitrogens with one attached hydrogen (secondary N) is 1. The van der Waals surface area contributed by atoms with Crippen molar-refractivity contribution in [2.75, 3.05) is 27.2 Å². The van der Waals surface area contributed by atoms with Crippen LogP contribution < -0.4 is 5.32 Å². The molecule has 0 radical (unpaired) electrons. The molecule has 0 aliphatic heterocycles. The molecule has 0 amide bonds. The topological polar surface area (TPSA) is 33.1 Å². The van der Waals surface area contributed by atoms with Gasteiger partial charge in [0.25, 0.3) is 0 Å². The first-order valence-corrected chi connectivity index (χ1v) is 5.79. The van der Waals surface area contributed by atoms with Crippen molar-refractivity contribution in [3.63, 3.8) is 0 Å². The molecule has 0 bridgehead atoms. The summed E-state index contributed by atoms with van der Waals surface area (Å²) in [5, 5.41) is 3.48. The van der Waals surface area contributed by atoms with Crippen LogP contribution >= 0.6 is 0 Å². The van der Waals surface area contributed by atoms with Crippen molar-refractivity contribution in [3.8, 4) is 0 Å². The van der Waals surface area contributed by atoms with E-state index in [0.29, 0.717) is 0 Å². The maximum absolute atomic E-state index is 4.20. The molecule has 92 valence electrons. The highest BCUT2D eigenvalue weighted by molar-refractivity contribution is 4.88. The normalized spacial score (nSPS) is 12.4. The van der Waals surface area contributed by atoms with E-state index in [1.807, 2.05) is 19.3 Å². The number of hydrogen-bond donors (Lipinski definition) is 1. The Morgan fingerprint density at radius 3 is 2.62 bits per heavy atom. The fraction of sp³-hybridized carbons (Fsp3) is 0.750. The zero-order chi connectivity index (χ0) is 12.2. The van der Waals surface area contributed by atoms with Crippen molar-refractivity contribution >= 4 is 0 Å². The molecule has 0 unspecified atom stereocenters. The monoisotopic (exact) mass is 224 g/mol. The SMILES string of the molecule is Cc1nccn1CCNCC(C)(C)N(C)C. The number of rotatable bonds is 6. The summed E-state index contributed by atoms with van der Waals surface area (Å²) in [5.74, 6) is 1.08. The first-order chi connectivity index (χ1) is 7.43. The molecule has 1 aromatic rings. The third-order valence-electron chi connectivity index (χ3n) is 3.22. The summed E-state index contributed by atoms with van der Waals surface area (Å²) in [4.78, 5) is 6.44. The van der Waals surface area contributed by atoms with E-state index in [1.165, 1.54) is 0 Å². The van der Waals surface area contributed by atoms with E-state index in [4.69, 9.17) is 0 Å². The fourth-order valence-corrected chi connectivity index (χ4v) is 1.39. The van der Waals surface area contributed by atoms with Gasteiger partial charge in [0, 0.05) is 37.6 Å². The lowest BCUT2D eigenvalue weighted by Gasteiger charge is -2.32. The van der Waals surface area contributed by atoms with Crippen molar-refractivity contribution in [3.05, 3.63) is 18.2 Å². The molecule has 0 aliphatic carbocycles. The summed E-state index contributed by atoms with van der Waals surface area (Å²) in [5.41, 5.74) is 0.198. The molecule has 0 aliphatic rings. The lowest BCUT2D eigenvalue weighted by atomic mass is 10.0. The smallest absolute Gasteiger partial charge is 0.105 e. The van der Waals surface area contributed by atoms with Gasteiger partial charge in [-0.1, -0.05) is 0 Å². The molecule has 0 saturated carbocycles. The summed E-state index contributed by atoms with van der Waals surface area (Å²) in [7, 11) is 4.23. The number of aryl methyl sites for hydroxylation is 1. The zero-order valence-corrected chi connectivity index (χ0v) is 11.1. The second kappa shape index (κ2) is 5.46. The van der Waals surface area contributed by atoms with Gasteiger partial charge in [0.15, 0.2) is 0 Å². The molecule has 1 rings (SSSR count). The predicted molar refractivity (Wildman–Crippen MR) is 67.6 cm³/mol. The minimum atomic E-state index is 0.198. The van der Waals surface area contributed by atoms with Gasteiger partial charge in [0.2, 0.25) is 0 Å². The number of hydrogen-bond acceptors (Lipinski definition) is 3. The van der Waals surface area contributed by atoms with Crippen molar-refractivity contribution in [2.24, 2.45) is 0 Å². The molecule has 0 aromatic carbocycles. The minimum absolute atomic E-state index is 0.198. The van der Waals surface area contributed by atoms with E-state index < -0.39 is 0 Å². The van der Waals surface area contributed by atoms with E-state index in [2.05, 4.69) is 47.7 Å². The maximum atomic E-state index is 4.20. The van der Waals surface area contributed by atoms with Crippen LogP contribution in [0.2, 0.25) is 0 Å². The van der Waals surface area contributed by atoms with Crippen LogP contribution in [0.1, 0.15) is 19.7 Å². The molecule has 1 aromatic heterocycles. The maximum Gasteiger partial charge on any atom is 0.105 e. The van der Waals surface area contributed by atoms with Crippen LogP contribution in [-0.2, 0) is 6.54 Å². The van der Waals surface area contributed by atoms with E-state index in [0.717, 1.165) is 25.5 Å². The molecular weight excluding hydrogens is 200 g/mol. The molecule has 0 spiro atoms. The van der Waals surface area contributed by atoms with E-state index in [-0.39, 0.29) is 5.54 Å². The van der Waals surface area contributed by atoms with Crippen molar-refractivity contribution in [2.45, 2.75) is 32.9 Å². The Hall–Kier alpha value is -0.870. The molecule has 0 fully saturated rings. The van der Waals surface area contributed by atoms with E-state index in [1.54, 1.807) is 0 Å². The Balaban J connectivity index is 2.25. The van der Waals surface area contributed by atoms with Gasteiger partial charge < -0.3 is 14.8 Å². The molecule has 1 N–H and O–H groups in total. The molecule has 0 saturated heterocycles. The Bertz CT molecular complexity index is 315. The molecule has 1 heterocycles. The molecule has 16 heavy (non-hydrogen) atoms. The second-order valence-corrected chi connectivity index (χ2v) is 5.05. The Labute approximate surface area is 98.7 Å². The van der Waals surface area contributed by atoms with Crippen molar-refractivity contribution < 1.29 is 0 Å². The predicted octanol–water partition coefficient (Wildman–Crippen LogP) is 1.12. The van der Waals surface area contributed by atoms with Gasteiger partial charge in [0.05, 0.1) is 0 Å². The third-order valence-corrected chi connectivity index (χ3v) is 3.22. The first-order valence-electron chi connectivity index (χ1n) is 5.79. The van der Waals surface area contributed by atoms with Crippen LogP contribution in [0.4, 0.5) is 0 Å². The third kappa shape index (κ3) is 3.61. The number of aromatic nitrogens is 2. The number of nitrogens with zero attached hydrogens (tertiary/aromatic N) is 3. The summed E-state index contributed by atoms with van der Waals surface area (Å²) >= 11 is 0. The number of imidazole rings is 1. The molecular formula is C12H24N4. The standard InChI is InChI=1S/C12H24N4/c1-11-14-7-9-16(11)8-6-13-10-12(2,3)15(4)5/h7,9,13H,6,8,10H2,1-5H3. The largest absolute Gasteiger partial charge is 0.334 e.